The van der Waals surface area contributed by atoms with Crippen LogP contribution in [0.25, 0.3) is 0 Å². The number of nitrogens with zero attached hydrogens (tertiary/aromatic N) is 1. The van der Waals surface area contributed by atoms with Crippen LogP contribution in [0.2, 0.25) is 5.02 Å². The summed E-state index contributed by atoms with van der Waals surface area (Å²) in [5, 5.41) is 3.99. The van der Waals surface area contributed by atoms with Crippen LogP contribution in [0.3, 0.4) is 0 Å². The van der Waals surface area contributed by atoms with Crippen molar-refractivity contribution in [2.45, 2.75) is 6.92 Å². The summed E-state index contributed by atoms with van der Waals surface area (Å²) in [6.07, 6.45) is 1.54. The number of hydrogen-bond donors (Lipinski definition) is 2. The minimum Gasteiger partial charge on any atom is -0.399 e. The van der Waals surface area contributed by atoms with E-state index in [1.54, 1.807) is 18.2 Å². The van der Waals surface area contributed by atoms with Crippen molar-refractivity contribution in [2.75, 3.05) is 11.1 Å². The molecule has 17 heavy (non-hydrogen) atoms. The minimum absolute atomic E-state index is 0.233. The minimum atomic E-state index is -0.233. The van der Waals surface area contributed by atoms with Gasteiger partial charge in [0.25, 0.3) is 5.91 Å². The van der Waals surface area contributed by atoms with Crippen LogP contribution in [0, 0.1) is 6.92 Å². The zero-order valence-electron chi connectivity index (χ0n) is 9.03. The summed E-state index contributed by atoms with van der Waals surface area (Å²) in [4.78, 5) is 16.4. The van der Waals surface area contributed by atoms with E-state index in [1.807, 2.05) is 6.92 Å². The summed E-state index contributed by atoms with van der Waals surface area (Å²) in [6.45, 7) is 1.84. The van der Waals surface area contributed by atoms with E-state index < -0.39 is 0 Å². The molecular formula is C11H10ClN3OS. The first-order valence-corrected chi connectivity index (χ1v) is 6.04. The lowest BCUT2D eigenvalue weighted by atomic mass is 10.3. The highest BCUT2D eigenvalue weighted by Crippen LogP contribution is 2.25. The van der Waals surface area contributed by atoms with Crippen molar-refractivity contribution in [3.05, 3.63) is 39.3 Å². The maximum absolute atomic E-state index is 11.9. The largest absolute Gasteiger partial charge is 0.399 e. The van der Waals surface area contributed by atoms with Gasteiger partial charge in [0.1, 0.15) is 4.88 Å². The number of carbonyl (C=O) groups excluding carboxylic acids is 1. The SMILES string of the molecule is Cc1ncc(C(=O)Nc2cc(N)ccc2Cl)s1. The predicted molar refractivity (Wildman–Crippen MR) is 70.7 cm³/mol. The molecule has 4 nitrogen and oxygen atoms in total. The van der Waals surface area contributed by atoms with Crippen molar-refractivity contribution >= 4 is 40.2 Å². The number of nitrogen functional groups attached to an aromatic ring is 1. The molecule has 0 spiro atoms. The standard InChI is InChI=1S/C11H10ClN3OS/c1-6-14-5-10(17-6)11(16)15-9-4-7(13)2-3-8(9)12/h2-5H,13H2,1H3,(H,15,16). The summed E-state index contributed by atoms with van der Waals surface area (Å²) < 4.78 is 0. The highest BCUT2D eigenvalue weighted by atomic mass is 35.5. The van der Waals surface area contributed by atoms with Gasteiger partial charge in [0.2, 0.25) is 0 Å². The van der Waals surface area contributed by atoms with E-state index in [0.29, 0.717) is 21.3 Å². The molecule has 0 aliphatic rings. The number of nitrogens with one attached hydrogen (secondary N) is 1. The Labute approximate surface area is 107 Å². The molecule has 0 unspecified atom stereocenters. The number of halogens is 1. The molecule has 1 aromatic carbocycles. The number of nitrogens with two attached hydrogens (primary N) is 1. The maximum atomic E-state index is 11.9. The molecular weight excluding hydrogens is 258 g/mol. The van der Waals surface area contributed by atoms with Crippen molar-refractivity contribution in [3.63, 3.8) is 0 Å². The molecule has 2 rings (SSSR count). The topological polar surface area (TPSA) is 68.0 Å². The average Bonchev–Trinajstić information content (AvgIpc) is 2.70. The van der Waals surface area contributed by atoms with Crippen LogP contribution < -0.4 is 11.1 Å². The molecule has 1 heterocycles. The first-order chi connectivity index (χ1) is 8.06. The Kier molecular flexibility index (Phi) is 3.31. The van der Waals surface area contributed by atoms with Gasteiger partial charge in [-0.2, -0.15) is 0 Å². The van der Waals surface area contributed by atoms with Crippen LogP contribution in [0.5, 0.6) is 0 Å². The van der Waals surface area contributed by atoms with Crippen LogP contribution in [-0.4, -0.2) is 10.9 Å². The van der Waals surface area contributed by atoms with Gasteiger partial charge >= 0.3 is 0 Å². The first kappa shape index (κ1) is 11.9. The Morgan fingerprint density at radius 1 is 1.53 bits per heavy atom. The number of benzene rings is 1. The van der Waals surface area contributed by atoms with Crippen LogP contribution in [0.15, 0.2) is 24.4 Å². The number of amides is 1. The van der Waals surface area contributed by atoms with E-state index in [9.17, 15) is 4.79 Å². The number of rotatable bonds is 2. The first-order valence-electron chi connectivity index (χ1n) is 4.85. The molecule has 1 amide bonds. The predicted octanol–water partition coefficient (Wildman–Crippen LogP) is 2.94. The zero-order valence-corrected chi connectivity index (χ0v) is 10.6. The number of aryl methyl sites for hydroxylation is 1. The van der Waals surface area contributed by atoms with Crippen molar-refractivity contribution in [3.8, 4) is 0 Å². The van der Waals surface area contributed by atoms with Gasteiger partial charge in [-0.25, -0.2) is 4.98 Å². The summed E-state index contributed by atoms with van der Waals surface area (Å²) in [5.41, 5.74) is 6.68. The molecule has 0 radical (unpaired) electrons. The van der Waals surface area contributed by atoms with Crippen molar-refractivity contribution in [2.24, 2.45) is 0 Å². The zero-order chi connectivity index (χ0) is 12.4. The molecule has 3 N–H and O–H groups in total. The Balaban J connectivity index is 2.21. The molecule has 0 saturated heterocycles. The van der Waals surface area contributed by atoms with Gasteiger partial charge in [0, 0.05) is 5.69 Å². The smallest absolute Gasteiger partial charge is 0.267 e. The Morgan fingerprint density at radius 3 is 2.94 bits per heavy atom. The highest BCUT2D eigenvalue weighted by Gasteiger charge is 2.11. The van der Waals surface area contributed by atoms with E-state index in [0.717, 1.165) is 5.01 Å². The van der Waals surface area contributed by atoms with Gasteiger partial charge in [0.05, 0.1) is 21.9 Å². The number of thiazole rings is 1. The van der Waals surface area contributed by atoms with E-state index in [-0.39, 0.29) is 5.91 Å². The lowest BCUT2D eigenvalue weighted by Gasteiger charge is -2.06. The molecule has 2 aromatic rings. The second-order valence-corrected chi connectivity index (χ2v) is 5.08. The number of hydrogen-bond acceptors (Lipinski definition) is 4. The van der Waals surface area contributed by atoms with E-state index in [2.05, 4.69) is 10.3 Å². The number of aromatic nitrogens is 1. The fourth-order valence-corrected chi connectivity index (χ4v) is 2.13. The quantitative estimate of drug-likeness (QED) is 0.822. The molecule has 0 atom stereocenters. The third-order valence-corrected chi connectivity index (χ3v) is 3.32. The van der Waals surface area contributed by atoms with Crippen LogP contribution in [-0.2, 0) is 0 Å². The van der Waals surface area contributed by atoms with Crippen molar-refractivity contribution in [1.82, 2.24) is 4.98 Å². The average molecular weight is 268 g/mol. The van der Waals surface area contributed by atoms with Gasteiger partial charge < -0.3 is 11.1 Å². The molecule has 0 fully saturated rings. The summed E-state index contributed by atoms with van der Waals surface area (Å²) >= 11 is 7.28. The van der Waals surface area contributed by atoms with Gasteiger partial charge in [-0.15, -0.1) is 11.3 Å². The monoisotopic (exact) mass is 267 g/mol. The molecule has 1 aromatic heterocycles. The van der Waals surface area contributed by atoms with Crippen LogP contribution in [0.4, 0.5) is 11.4 Å². The Bertz CT molecular complexity index is 568. The van der Waals surface area contributed by atoms with Crippen molar-refractivity contribution in [1.29, 1.82) is 0 Å². The number of carbonyl (C=O) groups is 1. The fourth-order valence-electron chi connectivity index (χ4n) is 1.29. The Hall–Kier alpha value is -1.59. The van der Waals surface area contributed by atoms with Gasteiger partial charge in [-0.05, 0) is 25.1 Å². The van der Waals surface area contributed by atoms with Gasteiger partial charge in [0.15, 0.2) is 0 Å². The third kappa shape index (κ3) is 2.75. The third-order valence-electron chi connectivity index (χ3n) is 2.08. The summed E-state index contributed by atoms with van der Waals surface area (Å²) in [5.74, 6) is -0.233. The molecule has 0 aliphatic carbocycles. The molecule has 0 saturated carbocycles. The molecule has 6 heteroatoms. The molecule has 88 valence electrons. The molecule has 0 bridgehead atoms. The highest BCUT2D eigenvalue weighted by molar-refractivity contribution is 7.13. The summed E-state index contributed by atoms with van der Waals surface area (Å²) in [7, 11) is 0. The molecule has 0 aliphatic heterocycles. The second-order valence-electron chi connectivity index (χ2n) is 3.44. The van der Waals surface area contributed by atoms with Crippen molar-refractivity contribution < 1.29 is 4.79 Å². The van der Waals surface area contributed by atoms with Gasteiger partial charge in [-0.3, -0.25) is 4.79 Å². The van der Waals surface area contributed by atoms with E-state index in [1.165, 1.54) is 17.5 Å². The van der Waals surface area contributed by atoms with E-state index in [4.69, 9.17) is 17.3 Å². The lowest BCUT2D eigenvalue weighted by molar-refractivity contribution is 0.103. The number of anilines is 2. The Morgan fingerprint density at radius 2 is 2.29 bits per heavy atom. The van der Waals surface area contributed by atoms with Crippen LogP contribution >= 0.6 is 22.9 Å². The summed E-state index contributed by atoms with van der Waals surface area (Å²) in [6, 6.07) is 4.94. The maximum Gasteiger partial charge on any atom is 0.267 e. The van der Waals surface area contributed by atoms with Gasteiger partial charge in [-0.1, -0.05) is 11.6 Å². The van der Waals surface area contributed by atoms with E-state index >= 15 is 0 Å². The lowest BCUT2D eigenvalue weighted by Crippen LogP contribution is -2.10. The normalized spacial score (nSPS) is 10.2. The van der Waals surface area contributed by atoms with Crippen LogP contribution in [0.1, 0.15) is 14.7 Å². The fraction of sp³-hybridized carbons (Fsp3) is 0.0909. The second kappa shape index (κ2) is 4.73.